The predicted molar refractivity (Wildman–Crippen MR) is 91.2 cm³/mol. The molecule has 0 aliphatic carbocycles. The summed E-state index contributed by atoms with van der Waals surface area (Å²) in [5, 5.41) is 9.24. The third-order valence-electron chi connectivity index (χ3n) is 4.35. The number of nitrogens with two attached hydrogens (primary N) is 1. The summed E-state index contributed by atoms with van der Waals surface area (Å²) in [7, 11) is 0. The van der Waals surface area contributed by atoms with Crippen LogP contribution in [0.1, 0.15) is 36.7 Å². The van der Waals surface area contributed by atoms with Gasteiger partial charge in [-0.05, 0) is 51.3 Å². The Morgan fingerprint density at radius 3 is 2.84 bits per heavy atom. The summed E-state index contributed by atoms with van der Waals surface area (Å²) in [4.78, 5) is 23.0. The summed E-state index contributed by atoms with van der Waals surface area (Å²) in [6.45, 7) is 6.80. The standard InChI is InChI=1S/C18H23N3O4/c1-11-7-14(12(2)21(11)10-16-5-4-6-24-16)8-15(9-19)18(23)25-13(3)17(20)22/h7-8,13,16H,4-6,10H2,1-3H3,(H2,20,22)/b15-8+/t13-,16-/m0/s1. The first-order valence-electron chi connectivity index (χ1n) is 8.24. The van der Waals surface area contributed by atoms with Gasteiger partial charge in [0.05, 0.1) is 6.10 Å². The van der Waals surface area contributed by atoms with Gasteiger partial charge in [0.2, 0.25) is 0 Å². The van der Waals surface area contributed by atoms with Crippen LogP contribution in [-0.2, 0) is 25.6 Å². The minimum Gasteiger partial charge on any atom is -0.448 e. The first-order valence-corrected chi connectivity index (χ1v) is 8.24. The van der Waals surface area contributed by atoms with Gasteiger partial charge in [-0.25, -0.2) is 4.79 Å². The van der Waals surface area contributed by atoms with E-state index < -0.39 is 18.0 Å². The van der Waals surface area contributed by atoms with Gasteiger partial charge in [-0.15, -0.1) is 0 Å². The summed E-state index contributed by atoms with van der Waals surface area (Å²) in [5.41, 5.74) is 7.62. The lowest BCUT2D eigenvalue weighted by Gasteiger charge is -2.14. The molecule has 7 nitrogen and oxygen atoms in total. The number of hydrogen-bond donors (Lipinski definition) is 1. The molecule has 1 fully saturated rings. The van der Waals surface area contributed by atoms with E-state index in [0.717, 1.165) is 42.9 Å². The molecule has 25 heavy (non-hydrogen) atoms. The van der Waals surface area contributed by atoms with Crippen molar-refractivity contribution in [3.8, 4) is 6.07 Å². The van der Waals surface area contributed by atoms with Crippen molar-refractivity contribution in [2.75, 3.05) is 6.61 Å². The number of carbonyl (C=O) groups excluding carboxylic acids is 2. The summed E-state index contributed by atoms with van der Waals surface area (Å²) in [5.74, 6) is -1.63. The van der Waals surface area contributed by atoms with Gasteiger partial charge in [0.1, 0.15) is 11.6 Å². The Morgan fingerprint density at radius 2 is 2.28 bits per heavy atom. The molecular weight excluding hydrogens is 322 g/mol. The number of hydrogen-bond acceptors (Lipinski definition) is 5. The molecule has 1 amide bonds. The molecule has 1 aliphatic rings. The number of carbonyl (C=O) groups is 2. The smallest absolute Gasteiger partial charge is 0.349 e. The number of nitriles is 1. The molecule has 1 aromatic heterocycles. The van der Waals surface area contributed by atoms with Gasteiger partial charge in [-0.3, -0.25) is 4.79 Å². The number of aryl methyl sites for hydroxylation is 1. The van der Waals surface area contributed by atoms with E-state index in [-0.39, 0.29) is 11.7 Å². The summed E-state index contributed by atoms with van der Waals surface area (Å²) >= 11 is 0. The molecule has 7 heteroatoms. The predicted octanol–water partition coefficient (Wildman–Crippen LogP) is 1.61. The van der Waals surface area contributed by atoms with Crippen LogP contribution in [0.4, 0.5) is 0 Å². The van der Waals surface area contributed by atoms with Crippen molar-refractivity contribution in [2.24, 2.45) is 5.73 Å². The van der Waals surface area contributed by atoms with Gasteiger partial charge in [0.15, 0.2) is 6.10 Å². The second kappa shape index (κ2) is 7.99. The normalized spacial score (nSPS) is 18.6. The van der Waals surface area contributed by atoms with E-state index in [0.29, 0.717) is 0 Å². The molecule has 2 atom stereocenters. The highest BCUT2D eigenvalue weighted by Crippen LogP contribution is 2.22. The number of esters is 1. The maximum Gasteiger partial charge on any atom is 0.349 e. The molecule has 0 radical (unpaired) electrons. The Hall–Kier alpha value is -2.59. The maximum absolute atomic E-state index is 12.0. The second-order valence-corrected chi connectivity index (χ2v) is 6.19. The molecule has 1 aliphatic heterocycles. The fraction of sp³-hybridized carbons (Fsp3) is 0.500. The highest BCUT2D eigenvalue weighted by Gasteiger charge is 2.21. The van der Waals surface area contributed by atoms with E-state index in [2.05, 4.69) is 4.57 Å². The topological polar surface area (TPSA) is 107 Å². The van der Waals surface area contributed by atoms with E-state index in [4.69, 9.17) is 15.2 Å². The van der Waals surface area contributed by atoms with Crippen LogP contribution in [0.25, 0.3) is 6.08 Å². The maximum atomic E-state index is 12.0. The first kappa shape index (κ1) is 18.7. The van der Waals surface area contributed by atoms with Gasteiger partial charge >= 0.3 is 5.97 Å². The van der Waals surface area contributed by atoms with Crippen molar-refractivity contribution in [3.63, 3.8) is 0 Å². The molecule has 1 saturated heterocycles. The number of ether oxygens (including phenoxy) is 2. The SMILES string of the molecule is Cc1cc(/C=C(\C#N)C(=O)O[C@@H](C)C(N)=O)c(C)n1C[C@@H]1CCCO1. The first-order chi connectivity index (χ1) is 11.8. The Morgan fingerprint density at radius 1 is 1.56 bits per heavy atom. The van der Waals surface area contributed by atoms with E-state index in [1.165, 1.54) is 13.0 Å². The molecule has 134 valence electrons. The Bertz CT molecular complexity index is 736. The molecule has 0 bridgehead atoms. The average molecular weight is 345 g/mol. The number of aromatic nitrogens is 1. The number of amides is 1. The Kier molecular flexibility index (Phi) is 5.99. The molecule has 0 aromatic carbocycles. The lowest BCUT2D eigenvalue weighted by molar-refractivity contribution is -0.149. The van der Waals surface area contributed by atoms with E-state index in [1.807, 2.05) is 26.0 Å². The number of rotatable bonds is 6. The molecular formula is C18H23N3O4. The van der Waals surface area contributed by atoms with Crippen LogP contribution >= 0.6 is 0 Å². The lowest BCUT2D eigenvalue weighted by atomic mass is 10.1. The van der Waals surface area contributed by atoms with Gasteiger partial charge in [0.25, 0.3) is 5.91 Å². The zero-order valence-electron chi connectivity index (χ0n) is 14.7. The van der Waals surface area contributed by atoms with E-state index in [9.17, 15) is 14.9 Å². The fourth-order valence-electron chi connectivity index (χ4n) is 2.82. The zero-order valence-corrected chi connectivity index (χ0v) is 14.7. The van der Waals surface area contributed by atoms with Crippen LogP contribution in [0.3, 0.4) is 0 Å². The minimum atomic E-state index is -1.09. The van der Waals surface area contributed by atoms with Crippen LogP contribution in [0.5, 0.6) is 0 Å². The monoisotopic (exact) mass is 345 g/mol. The van der Waals surface area contributed by atoms with Crippen molar-refractivity contribution in [3.05, 3.63) is 28.6 Å². The molecule has 2 heterocycles. The van der Waals surface area contributed by atoms with E-state index in [1.54, 1.807) is 0 Å². The van der Waals surface area contributed by atoms with Crippen molar-refractivity contribution in [1.29, 1.82) is 5.26 Å². The zero-order chi connectivity index (χ0) is 18.6. The summed E-state index contributed by atoms with van der Waals surface area (Å²) in [6.07, 6.45) is 2.68. The van der Waals surface area contributed by atoms with Gasteiger partial charge in [-0.1, -0.05) is 0 Å². The second-order valence-electron chi connectivity index (χ2n) is 6.19. The molecule has 1 aromatic rings. The highest BCUT2D eigenvalue weighted by atomic mass is 16.5. The number of primary amides is 1. The third kappa shape index (κ3) is 4.48. The largest absolute Gasteiger partial charge is 0.448 e. The van der Waals surface area contributed by atoms with Gasteiger partial charge in [-0.2, -0.15) is 5.26 Å². The Labute approximate surface area is 147 Å². The Balaban J connectivity index is 2.21. The van der Waals surface area contributed by atoms with Crippen molar-refractivity contribution >= 4 is 18.0 Å². The van der Waals surface area contributed by atoms with Crippen molar-refractivity contribution in [2.45, 2.75) is 52.4 Å². The molecule has 0 spiro atoms. The van der Waals surface area contributed by atoms with Crippen LogP contribution in [-0.4, -0.2) is 35.3 Å². The average Bonchev–Trinajstić information content (AvgIpc) is 3.16. The van der Waals surface area contributed by atoms with Crippen LogP contribution < -0.4 is 5.73 Å². The molecule has 2 rings (SSSR count). The highest BCUT2D eigenvalue weighted by molar-refractivity contribution is 5.99. The summed E-state index contributed by atoms with van der Waals surface area (Å²) < 4.78 is 12.7. The fourth-order valence-corrected chi connectivity index (χ4v) is 2.82. The van der Waals surface area contributed by atoms with Crippen LogP contribution in [0.15, 0.2) is 11.6 Å². The summed E-state index contributed by atoms with van der Waals surface area (Å²) in [6, 6.07) is 3.73. The van der Waals surface area contributed by atoms with E-state index >= 15 is 0 Å². The van der Waals surface area contributed by atoms with Crippen LogP contribution in [0, 0.1) is 25.2 Å². The van der Waals surface area contributed by atoms with Crippen molar-refractivity contribution in [1.82, 2.24) is 4.57 Å². The number of nitrogens with zero attached hydrogens (tertiary/aromatic N) is 2. The van der Waals surface area contributed by atoms with Crippen molar-refractivity contribution < 1.29 is 19.1 Å². The minimum absolute atomic E-state index is 0.175. The molecule has 0 saturated carbocycles. The molecule has 0 unspecified atom stereocenters. The quantitative estimate of drug-likeness (QED) is 0.479. The third-order valence-corrected chi connectivity index (χ3v) is 4.35. The van der Waals surface area contributed by atoms with Gasteiger partial charge in [0, 0.05) is 24.5 Å². The molecule has 2 N–H and O–H groups in total. The van der Waals surface area contributed by atoms with Crippen LogP contribution in [0.2, 0.25) is 0 Å². The van der Waals surface area contributed by atoms with Gasteiger partial charge < -0.3 is 19.8 Å². The lowest BCUT2D eigenvalue weighted by Crippen LogP contribution is -2.30.